The van der Waals surface area contributed by atoms with Crippen LogP contribution in [0.5, 0.6) is 5.75 Å². The number of methoxy groups -OCH3 is 1. The number of esters is 1. The smallest absolute Gasteiger partial charge is 0.416 e. The van der Waals surface area contributed by atoms with Crippen molar-refractivity contribution in [3.63, 3.8) is 0 Å². The summed E-state index contributed by atoms with van der Waals surface area (Å²) >= 11 is 1.32. The van der Waals surface area contributed by atoms with Gasteiger partial charge in [-0.2, -0.15) is 13.2 Å². The third-order valence-electron chi connectivity index (χ3n) is 5.06. The number of carbonyl (C=O) groups excluding carboxylic acids is 2. The van der Waals surface area contributed by atoms with Crippen molar-refractivity contribution < 1.29 is 32.2 Å². The molecule has 0 fully saturated rings. The molecule has 2 aromatic carbocycles. The Balaban J connectivity index is 1.62. The molecule has 0 aliphatic heterocycles. The number of amides is 1. The zero-order chi connectivity index (χ0) is 24.7. The van der Waals surface area contributed by atoms with Crippen molar-refractivity contribution in [2.75, 3.05) is 13.7 Å². The monoisotopic (exact) mass is 491 g/mol. The molecule has 5 nitrogen and oxygen atoms in total. The zero-order valence-electron chi connectivity index (χ0n) is 18.6. The van der Waals surface area contributed by atoms with Gasteiger partial charge in [0.15, 0.2) is 0 Å². The van der Waals surface area contributed by atoms with E-state index in [0.717, 1.165) is 22.6 Å². The number of benzene rings is 2. The van der Waals surface area contributed by atoms with Gasteiger partial charge in [0.2, 0.25) is 0 Å². The number of hydrogen-bond donors (Lipinski definition) is 1. The molecular formula is C25H24F3NO4S. The molecule has 34 heavy (non-hydrogen) atoms. The molecule has 1 amide bonds. The van der Waals surface area contributed by atoms with Crippen molar-refractivity contribution in [3.05, 3.63) is 76.0 Å². The highest BCUT2D eigenvalue weighted by Crippen LogP contribution is 2.33. The van der Waals surface area contributed by atoms with Crippen LogP contribution in [0.15, 0.2) is 60.7 Å². The Hall–Kier alpha value is -3.33. The maximum absolute atomic E-state index is 12.8. The van der Waals surface area contributed by atoms with E-state index in [4.69, 9.17) is 4.74 Å². The van der Waals surface area contributed by atoms with Crippen molar-refractivity contribution in [1.82, 2.24) is 5.32 Å². The Morgan fingerprint density at radius 3 is 2.15 bits per heavy atom. The second-order valence-corrected chi connectivity index (χ2v) is 8.51. The minimum atomic E-state index is -4.36. The van der Waals surface area contributed by atoms with E-state index in [0.29, 0.717) is 22.6 Å². The van der Waals surface area contributed by atoms with Gasteiger partial charge in [-0.05, 0) is 53.9 Å². The Morgan fingerprint density at radius 2 is 1.59 bits per heavy atom. The van der Waals surface area contributed by atoms with Crippen LogP contribution >= 0.6 is 11.3 Å². The molecule has 3 aromatic rings. The molecular weight excluding hydrogens is 467 g/mol. The normalized spacial score (nSPS) is 12.1. The third kappa shape index (κ3) is 6.60. The van der Waals surface area contributed by atoms with Gasteiger partial charge in [0, 0.05) is 11.4 Å². The lowest BCUT2D eigenvalue weighted by atomic mass is 10.0. The van der Waals surface area contributed by atoms with E-state index in [1.807, 2.05) is 13.0 Å². The standard InChI is InChI=1S/C25H24F3NO4S/c1-3-20(21-12-13-22(34-21)24(31)29-15-14-23(30)32-2)33-19-10-6-17(7-11-19)16-4-8-18(9-5-16)25(26,27)28/h4-13,20H,3,14-15H2,1-2H3,(H,29,31)/t20-/m1/s1. The number of halogens is 3. The summed E-state index contributed by atoms with van der Waals surface area (Å²) in [5.41, 5.74) is 0.762. The highest BCUT2D eigenvalue weighted by atomic mass is 32.1. The molecule has 0 spiro atoms. The number of alkyl halides is 3. The molecule has 0 unspecified atom stereocenters. The van der Waals surface area contributed by atoms with E-state index in [-0.39, 0.29) is 25.0 Å². The molecule has 0 radical (unpaired) electrons. The van der Waals surface area contributed by atoms with Gasteiger partial charge in [0.05, 0.1) is 24.0 Å². The Morgan fingerprint density at radius 1 is 0.971 bits per heavy atom. The van der Waals surface area contributed by atoms with Crippen LogP contribution in [0.25, 0.3) is 11.1 Å². The second-order valence-electron chi connectivity index (χ2n) is 7.40. The molecule has 1 N–H and O–H groups in total. The van der Waals surface area contributed by atoms with Crippen LogP contribution in [0.2, 0.25) is 0 Å². The molecule has 0 saturated carbocycles. The van der Waals surface area contributed by atoms with E-state index < -0.39 is 17.7 Å². The first-order valence-electron chi connectivity index (χ1n) is 10.6. The fourth-order valence-electron chi connectivity index (χ4n) is 3.20. The number of rotatable bonds is 9. The van der Waals surface area contributed by atoms with E-state index in [1.54, 1.807) is 30.3 Å². The molecule has 0 saturated heterocycles. The van der Waals surface area contributed by atoms with Gasteiger partial charge >= 0.3 is 12.1 Å². The summed E-state index contributed by atoms with van der Waals surface area (Å²) in [6, 6.07) is 15.7. The fourth-order valence-corrected chi connectivity index (χ4v) is 4.24. The summed E-state index contributed by atoms with van der Waals surface area (Å²) < 4.78 is 48.9. The van der Waals surface area contributed by atoms with Crippen LogP contribution < -0.4 is 10.1 Å². The van der Waals surface area contributed by atoms with E-state index in [2.05, 4.69) is 10.1 Å². The minimum Gasteiger partial charge on any atom is -0.485 e. The predicted molar refractivity (Wildman–Crippen MR) is 124 cm³/mol. The first-order chi connectivity index (χ1) is 16.2. The number of carbonyl (C=O) groups is 2. The molecule has 180 valence electrons. The van der Waals surface area contributed by atoms with Gasteiger partial charge in [-0.3, -0.25) is 9.59 Å². The third-order valence-corrected chi connectivity index (χ3v) is 6.24. The summed E-state index contributed by atoms with van der Waals surface area (Å²) in [6.45, 7) is 2.16. The van der Waals surface area contributed by atoms with E-state index in [9.17, 15) is 22.8 Å². The van der Waals surface area contributed by atoms with Crippen molar-refractivity contribution in [2.24, 2.45) is 0 Å². The summed E-state index contributed by atoms with van der Waals surface area (Å²) in [4.78, 5) is 24.8. The van der Waals surface area contributed by atoms with Gasteiger partial charge < -0.3 is 14.8 Å². The van der Waals surface area contributed by atoms with Gasteiger partial charge in [0.1, 0.15) is 11.9 Å². The predicted octanol–water partition coefficient (Wildman–Crippen LogP) is 6.26. The minimum absolute atomic E-state index is 0.101. The van der Waals surface area contributed by atoms with Crippen LogP contribution in [0.4, 0.5) is 13.2 Å². The average molecular weight is 492 g/mol. The summed E-state index contributed by atoms with van der Waals surface area (Å²) in [6.07, 6.45) is -3.86. The lowest BCUT2D eigenvalue weighted by Gasteiger charge is -2.16. The topological polar surface area (TPSA) is 64.6 Å². The van der Waals surface area contributed by atoms with Crippen LogP contribution in [0, 0.1) is 0 Å². The van der Waals surface area contributed by atoms with Gasteiger partial charge in [-0.1, -0.05) is 31.2 Å². The number of thiophene rings is 1. The first kappa shape index (κ1) is 25.3. The molecule has 1 aromatic heterocycles. The van der Waals surface area contributed by atoms with Crippen LogP contribution in [-0.4, -0.2) is 25.5 Å². The number of hydrogen-bond acceptors (Lipinski definition) is 5. The van der Waals surface area contributed by atoms with E-state index >= 15 is 0 Å². The lowest BCUT2D eigenvalue weighted by molar-refractivity contribution is -0.140. The van der Waals surface area contributed by atoms with Crippen molar-refractivity contribution in [2.45, 2.75) is 32.0 Å². The van der Waals surface area contributed by atoms with Crippen LogP contribution in [0.1, 0.15) is 46.0 Å². The van der Waals surface area contributed by atoms with Crippen molar-refractivity contribution >= 4 is 23.2 Å². The number of ether oxygens (including phenoxy) is 2. The molecule has 0 aliphatic rings. The van der Waals surface area contributed by atoms with E-state index in [1.165, 1.54) is 30.6 Å². The molecule has 0 bridgehead atoms. The second kappa shape index (κ2) is 11.2. The maximum atomic E-state index is 12.8. The molecule has 3 rings (SSSR count). The molecule has 1 heterocycles. The van der Waals surface area contributed by atoms with Gasteiger partial charge in [-0.25, -0.2) is 0 Å². The van der Waals surface area contributed by atoms with Gasteiger partial charge in [-0.15, -0.1) is 11.3 Å². The Labute approximate surface area is 199 Å². The van der Waals surface area contributed by atoms with Crippen molar-refractivity contribution in [1.29, 1.82) is 0 Å². The van der Waals surface area contributed by atoms with Crippen molar-refractivity contribution in [3.8, 4) is 16.9 Å². The highest BCUT2D eigenvalue weighted by Gasteiger charge is 2.30. The Kier molecular flexibility index (Phi) is 8.33. The first-order valence-corrected chi connectivity index (χ1v) is 11.4. The Bertz CT molecular complexity index is 1110. The SMILES string of the molecule is CC[C@@H](Oc1ccc(-c2ccc(C(F)(F)F)cc2)cc1)c1ccc(C(=O)NCCC(=O)OC)s1. The zero-order valence-corrected chi connectivity index (χ0v) is 19.5. The largest absolute Gasteiger partial charge is 0.485 e. The molecule has 0 aliphatic carbocycles. The summed E-state index contributed by atoms with van der Waals surface area (Å²) in [7, 11) is 1.29. The van der Waals surface area contributed by atoms with Crippen LogP contribution in [-0.2, 0) is 15.7 Å². The van der Waals surface area contributed by atoms with Crippen LogP contribution in [0.3, 0.4) is 0 Å². The molecule has 1 atom stereocenters. The highest BCUT2D eigenvalue weighted by molar-refractivity contribution is 7.14. The quantitative estimate of drug-likeness (QED) is 0.359. The van der Waals surface area contributed by atoms with Gasteiger partial charge in [0.25, 0.3) is 5.91 Å². The summed E-state index contributed by atoms with van der Waals surface area (Å²) in [5, 5.41) is 2.69. The summed E-state index contributed by atoms with van der Waals surface area (Å²) in [5.74, 6) is -0.0492. The lowest BCUT2D eigenvalue weighted by Crippen LogP contribution is -2.25. The maximum Gasteiger partial charge on any atom is 0.416 e. The number of nitrogens with one attached hydrogen (secondary N) is 1. The average Bonchev–Trinajstić information content (AvgIpc) is 3.32. The molecule has 9 heteroatoms. The fraction of sp³-hybridized carbons (Fsp3) is 0.280.